The molecule has 0 aromatic carbocycles. The van der Waals surface area contributed by atoms with Gasteiger partial charge in [-0.3, -0.25) is 9.13 Å². The van der Waals surface area contributed by atoms with Crippen molar-refractivity contribution in [2.24, 2.45) is 0 Å². The van der Waals surface area contributed by atoms with E-state index < -0.39 is 26.5 Å². The van der Waals surface area contributed by atoms with Crippen LogP contribution in [0.2, 0.25) is 0 Å². The highest BCUT2D eigenvalue weighted by atomic mass is 31.2. The van der Waals surface area contributed by atoms with Crippen LogP contribution in [0.5, 0.6) is 0 Å². The zero-order chi connectivity index (χ0) is 16.2. The van der Waals surface area contributed by atoms with Crippen LogP contribution in [0.25, 0.3) is 0 Å². The lowest BCUT2D eigenvalue weighted by molar-refractivity contribution is 0.325. The van der Waals surface area contributed by atoms with Gasteiger partial charge in [-0.2, -0.15) is 0 Å². The Morgan fingerprint density at radius 1 is 0.900 bits per heavy atom. The van der Waals surface area contributed by atoms with Gasteiger partial charge in [-0.1, -0.05) is 38.8 Å². The Balaban J connectivity index is 6.16. The van der Waals surface area contributed by atoms with Crippen molar-refractivity contribution in [2.45, 2.75) is 58.5 Å². The van der Waals surface area contributed by atoms with Crippen LogP contribution in [0.4, 0.5) is 0 Å². The molecule has 4 N–H and O–H groups in total. The molecule has 0 saturated carbocycles. The maximum atomic E-state index is 12.0. The largest absolute Gasteiger partial charge is 0.335 e. The molecule has 0 bridgehead atoms. The van der Waals surface area contributed by atoms with Crippen molar-refractivity contribution in [1.29, 1.82) is 0 Å². The fourth-order valence-corrected chi connectivity index (χ4v) is 5.25. The zero-order valence-electron chi connectivity index (χ0n) is 12.5. The van der Waals surface area contributed by atoms with Crippen molar-refractivity contribution in [3.63, 3.8) is 0 Å². The summed E-state index contributed by atoms with van der Waals surface area (Å²) in [7, 11) is -8.68. The Kier molecular flexibility index (Phi) is 7.36. The predicted octanol–water partition coefficient (Wildman–Crippen LogP) is 3.02. The van der Waals surface area contributed by atoms with Gasteiger partial charge in [0.25, 0.3) is 0 Å². The molecule has 120 valence electrons. The van der Waals surface area contributed by atoms with Crippen molar-refractivity contribution in [3.8, 4) is 0 Å². The second kappa shape index (κ2) is 7.35. The van der Waals surface area contributed by atoms with Crippen LogP contribution < -0.4 is 0 Å². The lowest BCUT2D eigenvalue weighted by Crippen LogP contribution is -2.31. The molecular formula is C12H26O6P2. The van der Waals surface area contributed by atoms with E-state index in [0.717, 1.165) is 0 Å². The van der Waals surface area contributed by atoms with E-state index in [1.807, 2.05) is 0 Å². The molecule has 0 fully saturated rings. The Morgan fingerprint density at radius 3 is 1.55 bits per heavy atom. The molecule has 20 heavy (non-hydrogen) atoms. The molecule has 0 heterocycles. The van der Waals surface area contributed by atoms with Crippen LogP contribution in [0.3, 0.4) is 0 Å². The summed E-state index contributed by atoms with van der Waals surface area (Å²) in [4.78, 5) is 37.8. The zero-order valence-corrected chi connectivity index (χ0v) is 14.3. The van der Waals surface area contributed by atoms with E-state index >= 15 is 0 Å². The minimum absolute atomic E-state index is 0.238. The number of allylic oxidation sites excluding steroid dienone is 2. The SMILES string of the molecule is CCC(CP(=O)(O)O)=C(CC)C(CC)(CC)P(=O)(O)O. The molecule has 0 aromatic rings. The van der Waals surface area contributed by atoms with Crippen molar-refractivity contribution in [2.75, 3.05) is 6.16 Å². The Bertz CT molecular complexity index is 441. The Labute approximate surface area is 120 Å². The first-order valence-electron chi connectivity index (χ1n) is 6.80. The van der Waals surface area contributed by atoms with E-state index in [1.54, 1.807) is 27.7 Å². The normalized spacial score (nSPS) is 15.2. The van der Waals surface area contributed by atoms with Crippen molar-refractivity contribution in [3.05, 3.63) is 11.1 Å². The summed E-state index contributed by atoms with van der Waals surface area (Å²) in [6, 6.07) is 0. The quantitative estimate of drug-likeness (QED) is 0.402. The van der Waals surface area contributed by atoms with Gasteiger partial charge >= 0.3 is 15.2 Å². The fourth-order valence-electron chi connectivity index (χ4n) is 2.84. The molecule has 0 aromatic heterocycles. The van der Waals surface area contributed by atoms with E-state index in [1.165, 1.54) is 0 Å². The third kappa shape index (κ3) is 4.52. The van der Waals surface area contributed by atoms with Gasteiger partial charge in [0.1, 0.15) is 0 Å². The molecule has 0 saturated heterocycles. The van der Waals surface area contributed by atoms with E-state index in [0.29, 0.717) is 24.0 Å². The molecule has 0 radical (unpaired) electrons. The predicted molar refractivity (Wildman–Crippen MR) is 79.9 cm³/mol. The summed E-state index contributed by atoms with van der Waals surface area (Å²) < 4.78 is 23.2. The topological polar surface area (TPSA) is 115 Å². The molecular weight excluding hydrogens is 302 g/mol. The monoisotopic (exact) mass is 328 g/mol. The summed E-state index contributed by atoms with van der Waals surface area (Å²) in [6.07, 6.45) is 0.781. The third-order valence-electron chi connectivity index (χ3n) is 3.89. The molecule has 6 nitrogen and oxygen atoms in total. The third-order valence-corrected chi connectivity index (χ3v) is 6.70. The van der Waals surface area contributed by atoms with E-state index in [9.17, 15) is 18.9 Å². The minimum atomic E-state index is -4.42. The molecule has 0 atom stereocenters. The summed E-state index contributed by atoms with van der Waals surface area (Å²) in [6.45, 7) is 6.91. The molecule has 0 unspecified atom stereocenters. The smallest absolute Gasteiger partial charge is 0.324 e. The van der Waals surface area contributed by atoms with Crippen LogP contribution in [0, 0.1) is 0 Å². The molecule has 0 rings (SSSR count). The van der Waals surface area contributed by atoms with E-state index in [-0.39, 0.29) is 12.8 Å². The lowest BCUT2D eigenvalue weighted by atomic mass is 9.86. The summed E-state index contributed by atoms with van der Waals surface area (Å²) >= 11 is 0. The summed E-state index contributed by atoms with van der Waals surface area (Å²) in [5.74, 6) is 0. The molecule has 0 aliphatic heterocycles. The van der Waals surface area contributed by atoms with E-state index in [4.69, 9.17) is 9.79 Å². The van der Waals surface area contributed by atoms with Gasteiger partial charge in [-0.05, 0) is 25.7 Å². The second-order valence-electron chi connectivity index (χ2n) is 4.89. The molecule has 0 amide bonds. The van der Waals surface area contributed by atoms with Crippen molar-refractivity contribution in [1.82, 2.24) is 0 Å². The van der Waals surface area contributed by atoms with Gasteiger partial charge in [0.05, 0.1) is 11.3 Å². The first-order valence-corrected chi connectivity index (χ1v) is 10.2. The van der Waals surface area contributed by atoms with Crippen LogP contribution in [0.1, 0.15) is 53.4 Å². The van der Waals surface area contributed by atoms with E-state index in [2.05, 4.69) is 0 Å². The van der Waals surface area contributed by atoms with Gasteiger partial charge in [0.2, 0.25) is 0 Å². The lowest BCUT2D eigenvalue weighted by Gasteiger charge is -2.36. The average molecular weight is 328 g/mol. The summed E-state index contributed by atoms with van der Waals surface area (Å²) in [5.41, 5.74) is 0.967. The van der Waals surface area contributed by atoms with Gasteiger partial charge < -0.3 is 19.6 Å². The standard InChI is InChI=1S/C12H26O6P2/c1-5-10(9-19(13,14)15)11(6-2)12(7-3,8-4)20(16,17)18/h5-9H2,1-4H3,(H2,13,14,15)(H2,16,17,18). The highest BCUT2D eigenvalue weighted by Gasteiger charge is 2.47. The van der Waals surface area contributed by atoms with Crippen LogP contribution in [0.15, 0.2) is 11.1 Å². The maximum absolute atomic E-state index is 12.0. The second-order valence-corrected chi connectivity index (χ2v) is 8.48. The fraction of sp³-hybridized carbons (Fsp3) is 0.833. The highest BCUT2D eigenvalue weighted by molar-refractivity contribution is 7.54. The summed E-state index contributed by atoms with van der Waals surface area (Å²) in [5, 5.41) is -1.32. The average Bonchev–Trinajstić information content (AvgIpc) is 2.30. The Morgan fingerprint density at radius 2 is 1.35 bits per heavy atom. The van der Waals surface area contributed by atoms with Gasteiger partial charge in [-0.25, -0.2) is 0 Å². The first-order chi connectivity index (χ1) is 8.99. The number of hydrogen-bond donors (Lipinski definition) is 4. The van der Waals surface area contributed by atoms with Gasteiger partial charge in [0.15, 0.2) is 0 Å². The maximum Gasteiger partial charge on any atom is 0.335 e. The number of rotatable bonds is 8. The van der Waals surface area contributed by atoms with Crippen LogP contribution >= 0.6 is 15.2 Å². The van der Waals surface area contributed by atoms with Crippen LogP contribution in [-0.2, 0) is 9.13 Å². The van der Waals surface area contributed by atoms with Gasteiger partial charge in [-0.15, -0.1) is 0 Å². The molecule has 8 heteroatoms. The Hall–Kier alpha value is 0.0400. The highest BCUT2D eigenvalue weighted by Crippen LogP contribution is 2.60. The van der Waals surface area contributed by atoms with Crippen molar-refractivity contribution >= 4 is 15.2 Å². The van der Waals surface area contributed by atoms with Gasteiger partial charge in [0, 0.05) is 0 Å². The molecule has 0 aliphatic rings. The minimum Gasteiger partial charge on any atom is -0.324 e. The first kappa shape index (κ1) is 20.0. The number of hydrogen-bond acceptors (Lipinski definition) is 2. The van der Waals surface area contributed by atoms with Crippen LogP contribution in [-0.4, -0.2) is 30.9 Å². The van der Waals surface area contributed by atoms with Crippen molar-refractivity contribution < 1.29 is 28.7 Å². The molecule has 0 spiro atoms. The molecule has 0 aliphatic carbocycles.